The van der Waals surface area contributed by atoms with Crippen LogP contribution in [-0.2, 0) is 6.42 Å². The first-order valence-electron chi connectivity index (χ1n) is 4.01. The van der Waals surface area contributed by atoms with Crippen molar-refractivity contribution >= 4 is 0 Å². The van der Waals surface area contributed by atoms with E-state index in [1.54, 1.807) is 12.4 Å². The molecular formula is C9H14N2O. The average molecular weight is 166 g/mol. The van der Waals surface area contributed by atoms with Crippen molar-refractivity contribution in [2.24, 2.45) is 5.73 Å². The predicted molar refractivity (Wildman–Crippen MR) is 47.7 cm³/mol. The van der Waals surface area contributed by atoms with Crippen molar-refractivity contribution < 1.29 is 5.11 Å². The minimum atomic E-state index is -0.439. The molecule has 0 radical (unpaired) electrons. The third kappa shape index (κ3) is 2.29. The lowest BCUT2D eigenvalue weighted by atomic mass is 10.1. The fourth-order valence-electron chi connectivity index (χ4n) is 1.07. The highest BCUT2D eigenvalue weighted by Gasteiger charge is 2.04. The van der Waals surface area contributed by atoms with Crippen molar-refractivity contribution in [3.63, 3.8) is 0 Å². The second kappa shape index (κ2) is 4.18. The summed E-state index contributed by atoms with van der Waals surface area (Å²) >= 11 is 0. The van der Waals surface area contributed by atoms with Crippen LogP contribution in [0.4, 0.5) is 0 Å². The molecule has 0 amide bonds. The Bertz CT molecular complexity index is 250. The van der Waals surface area contributed by atoms with Crippen molar-refractivity contribution in [1.82, 2.24) is 4.98 Å². The molecule has 3 nitrogen and oxygen atoms in total. The summed E-state index contributed by atoms with van der Waals surface area (Å²) in [6.45, 7) is 2.29. The van der Waals surface area contributed by atoms with Crippen molar-refractivity contribution in [2.45, 2.75) is 19.4 Å². The summed E-state index contributed by atoms with van der Waals surface area (Å²) in [4.78, 5) is 3.97. The maximum atomic E-state index is 9.29. The van der Waals surface area contributed by atoms with Gasteiger partial charge in [0.05, 0.1) is 6.10 Å². The number of nitrogens with zero attached hydrogens (tertiary/aromatic N) is 1. The Morgan fingerprint density at radius 3 is 3.00 bits per heavy atom. The normalized spacial score (nSPS) is 12.9. The van der Waals surface area contributed by atoms with E-state index in [0.29, 0.717) is 13.0 Å². The Morgan fingerprint density at radius 2 is 2.42 bits per heavy atom. The molecule has 1 unspecified atom stereocenters. The first kappa shape index (κ1) is 9.16. The van der Waals surface area contributed by atoms with Crippen LogP contribution in [0.15, 0.2) is 18.5 Å². The highest BCUT2D eigenvalue weighted by Crippen LogP contribution is 2.07. The van der Waals surface area contributed by atoms with Gasteiger partial charge in [-0.2, -0.15) is 0 Å². The van der Waals surface area contributed by atoms with Crippen molar-refractivity contribution in [1.29, 1.82) is 0 Å². The van der Waals surface area contributed by atoms with Gasteiger partial charge in [0, 0.05) is 18.9 Å². The van der Waals surface area contributed by atoms with E-state index in [-0.39, 0.29) is 0 Å². The monoisotopic (exact) mass is 166 g/mol. The summed E-state index contributed by atoms with van der Waals surface area (Å²) in [5, 5.41) is 9.29. The summed E-state index contributed by atoms with van der Waals surface area (Å²) < 4.78 is 0. The van der Waals surface area contributed by atoms with Crippen molar-refractivity contribution in [3.8, 4) is 0 Å². The molecule has 0 aliphatic rings. The molecule has 0 aromatic carbocycles. The molecule has 3 N–H and O–H groups in total. The lowest BCUT2D eigenvalue weighted by molar-refractivity contribution is 0.183. The fraction of sp³-hybridized carbons (Fsp3) is 0.444. The van der Waals surface area contributed by atoms with Crippen LogP contribution >= 0.6 is 0 Å². The van der Waals surface area contributed by atoms with Crippen LogP contribution in [0.5, 0.6) is 0 Å². The number of aromatic nitrogens is 1. The van der Waals surface area contributed by atoms with Gasteiger partial charge in [-0.1, -0.05) is 0 Å². The highest BCUT2D eigenvalue weighted by atomic mass is 16.3. The van der Waals surface area contributed by atoms with Gasteiger partial charge in [0.1, 0.15) is 0 Å². The van der Waals surface area contributed by atoms with Gasteiger partial charge in [0.15, 0.2) is 0 Å². The Morgan fingerprint density at radius 1 is 1.67 bits per heavy atom. The van der Waals surface area contributed by atoms with Gasteiger partial charge in [-0.3, -0.25) is 4.98 Å². The summed E-state index contributed by atoms with van der Waals surface area (Å²) in [7, 11) is 0. The summed E-state index contributed by atoms with van der Waals surface area (Å²) in [5.41, 5.74) is 7.52. The standard InChI is InChI=1S/C9H14N2O/c1-7-6-11-3-2-8(7)4-9(12)5-10/h2-3,6,9,12H,4-5,10H2,1H3. The number of rotatable bonds is 3. The van der Waals surface area contributed by atoms with Gasteiger partial charge in [0.25, 0.3) is 0 Å². The van der Waals surface area contributed by atoms with E-state index in [9.17, 15) is 5.11 Å². The molecule has 1 atom stereocenters. The summed E-state index contributed by atoms with van der Waals surface area (Å²) in [5.74, 6) is 0. The molecule has 0 fully saturated rings. The average Bonchev–Trinajstić information content (AvgIpc) is 2.09. The molecule has 0 bridgehead atoms. The van der Waals surface area contributed by atoms with Gasteiger partial charge in [-0.05, 0) is 30.5 Å². The van der Waals surface area contributed by atoms with Crippen LogP contribution in [0.1, 0.15) is 11.1 Å². The second-order valence-corrected chi connectivity index (χ2v) is 2.90. The maximum absolute atomic E-state index is 9.29. The SMILES string of the molecule is Cc1cnccc1CC(O)CN. The van der Waals surface area contributed by atoms with Crippen LogP contribution in [0.25, 0.3) is 0 Å². The molecule has 1 rings (SSSR count). The summed E-state index contributed by atoms with van der Waals surface area (Å²) in [6, 6.07) is 1.91. The van der Waals surface area contributed by atoms with Gasteiger partial charge < -0.3 is 10.8 Å². The van der Waals surface area contributed by atoms with E-state index >= 15 is 0 Å². The number of nitrogens with two attached hydrogens (primary N) is 1. The molecule has 66 valence electrons. The third-order valence-electron chi connectivity index (χ3n) is 1.86. The minimum absolute atomic E-state index is 0.307. The quantitative estimate of drug-likeness (QED) is 0.676. The zero-order valence-electron chi connectivity index (χ0n) is 7.20. The number of pyridine rings is 1. The van der Waals surface area contributed by atoms with Crippen LogP contribution in [0.2, 0.25) is 0 Å². The smallest absolute Gasteiger partial charge is 0.0702 e. The Balaban J connectivity index is 2.69. The van der Waals surface area contributed by atoms with Crippen LogP contribution < -0.4 is 5.73 Å². The first-order chi connectivity index (χ1) is 5.74. The molecule has 3 heteroatoms. The first-order valence-corrected chi connectivity index (χ1v) is 4.01. The van der Waals surface area contributed by atoms with E-state index in [0.717, 1.165) is 11.1 Å². The van der Waals surface area contributed by atoms with Crippen molar-refractivity contribution in [2.75, 3.05) is 6.54 Å². The number of aliphatic hydroxyl groups excluding tert-OH is 1. The van der Waals surface area contributed by atoms with Crippen LogP contribution in [-0.4, -0.2) is 22.7 Å². The summed E-state index contributed by atoms with van der Waals surface area (Å²) in [6.07, 6.45) is 3.70. The molecule has 12 heavy (non-hydrogen) atoms. The second-order valence-electron chi connectivity index (χ2n) is 2.90. The van der Waals surface area contributed by atoms with E-state index in [4.69, 9.17) is 5.73 Å². The Labute approximate surface area is 72.2 Å². The number of aryl methyl sites for hydroxylation is 1. The lowest BCUT2D eigenvalue weighted by Crippen LogP contribution is -2.22. The number of hydrogen-bond donors (Lipinski definition) is 2. The third-order valence-corrected chi connectivity index (χ3v) is 1.86. The highest BCUT2D eigenvalue weighted by molar-refractivity contribution is 5.22. The minimum Gasteiger partial charge on any atom is -0.391 e. The predicted octanol–water partition coefficient (Wildman–Crippen LogP) is 0.252. The van der Waals surface area contributed by atoms with Gasteiger partial charge >= 0.3 is 0 Å². The molecular weight excluding hydrogens is 152 g/mol. The van der Waals surface area contributed by atoms with Gasteiger partial charge in [-0.25, -0.2) is 0 Å². The zero-order chi connectivity index (χ0) is 8.97. The zero-order valence-corrected chi connectivity index (χ0v) is 7.20. The van der Waals surface area contributed by atoms with Crippen molar-refractivity contribution in [3.05, 3.63) is 29.6 Å². The van der Waals surface area contributed by atoms with Crippen LogP contribution in [0.3, 0.4) is 0 Å². The molecule has 1 aromatic heterocycles. The lowest BCUT2D eigenvalue weighted by Gasteiger charge is -2.08. The molecule has 0 aliphatic heterocycles. The molecule has 0 saturated heterocycles. The Kier molecular flexibility index (Phi) is 3.19. The van der Waals surface area contributed by atoms with E-state index in [1.807, 2.05) is 13.0 Å². The molecule has 0 aliphatic carbocycles. The topological polar surface area (TPSA) is 59.1 Å². The van der Waals surface area contributed by atoms with Crippen LogP contribution in [0, 0.1) is 6.92 Å². The largest absolute Gasteiger partial charge is 0.391 e. The Hall–Kier alpha value is -0.930. The van der Waals surface area contributed by atoms with Gasteiger partial charge in [0.2, 0.25) is 0 Å². The molecule has 1 heterocycles. The maximum Gasteiger partial charge on any atom is 0.0702 e. The van der Waals surface area contributed by atoms with E-state index in [1.165, 1.54) is 0 Å². The number of aliphatic hydroxyl groups is 1. The molecule has 0 saturated carbocycles. The molecule has 1 aromatic rings. The van der Waals surface area contributed by atoms with E-state index in [2.05, 4.69) is 4.98 Å². The van der Waals surface area contributed by atoms with E-state index < -0.39 is 6.10 Å². The fourth-order valence-corrected chi connectivity index (χ4v) is 1.07. The van der Waals surface area contributed by atoms with Gasteiger partial charge in [-0.15, -0.1) is 0 Å². The molecule has 0 spiro atoms. The number of hydrogen-bond acceptors (Lipinski definition) is 3.